The molecule has 0 spiro atoms. The van der Waals surface area contributed by atoms with Crippen LogP contribution >= 0.6 is 11.6 Å². The van der Waals surface area contributed by atoms with Crippen molar-refractivity contribution in [3.05, 3.63) is 28.9 Å². The van der Waals surface area contributed by atoms with Gasteiger partial charge in [0, 0.05) is 19.0 Å². The highest BCUT2D eigenvalue weighted by atomic mass is 35.5. The molecule has 108 valence electrons. The van der Waals surface area contributed by atoms with Crippen molar-refractivity contribution in [3.8, 4) is 0 Å². The van der Waals surface area contributed by atoms with E-state index in [1.54, 1.807) is 11.6 Å². The smallest absolute Gasteiger partial charge is 0.249 e. The molecule has 1 aromatic heterocycles. The zero-order valence-corrected chi connectivity index (χ0v) is 12.6. The number of carbonyl (C=O) groups excluding carboxylic acids is 1. The summed E-state index contributed by atoms with van der Waals surface area (Å²) in [7, 11) is 1.85. The molecule has 0 bridgehead atoms. The van der Waals surface area contributed by atoms with Crippen LogP contribution in [0, 0.1) is 0 Å². The van der Waals surface area contributed by atoms with Gasteiger partial charge in [-0.3, -0.25) is 9.48 Å². The lowest BCUT2D eigenvalue weighted by atomic mass is 10.2. The minimum atomic E-state index is -0.467. The fourth-order valence-electron chi connectivity index (χ4n) is 2.12. The van der Waals surface area contributed by atoms with Gasteiger partial charge >= 0.3 is 0 Å². The summed E-state index contributed by atoms with van der Waals surface area (Å²) in [6.07, 6.45) is -0.467. The van der Waals surface area contributed by atoms with Gasteiger partial charge in [-0.1, -0.05) is 17.7 Å². The number of hydrogen-bond donors (Lipinski definition) is 1. The first kappa shape index (κ1) is 14.8. The molecule has 1 heterocycles. The van der Waals surface area contributed by atoms with Crippen molar-refractivity contribution >= 4 is 28.4 Å². The molecule has 1 atom stereocenters. The Morgan fingerprint density at radius 1 is 1.55 bits per heavy atom. The summed E-state index contributed by atoms with van der Waals surface area (Å²) in [6, 6.07) is 5.65. The molecule has 0 radical (unpaired) electrons. The number of nitrogens with zero attached hydrogens (tertiary/aromatic N) is 2. The minimum absolute atomic E-state index is 0.155. The van der Waals surface area contributed by atoms with E-state index in [1.165, 1.54) is 0 Å². The van der Waals surface area contributed by atoms with E-state index in [2.05, 4.69) is 10.4 Å². The van der Waals surface area contributed by atoms with Gasteiger partial charge in [0.05, 0.1) is 22.8 Å². The van der Waals surface area contributed by atoms with Crippen LogP contribution < -0.4 is 5.32 Å². The van der Waals surface area contributed by atoms with Crippen LogP contribution in [-0.2, 0) is 23.1 Å². The number of aromatic nitrogens is 2. The second-order valence-electron chi connectivity index (χ2n) is 4.52. The number of carbonyl (C=O) groups is 1. The SMILES string of the molecule is CCO[C@H](C)C(=O)NCc1nn(C)c2cccc(Cl)c12. The molecule has 0 unspecified atom stereocenters. The fourth-order valence-corrected chi connectivity index (χ4v) is 2.40. The van der Waals surface area contributed by atoms with E-state index in [0.717, 1.165) is 16.6 Å². The number of aryl methyl sites for hydroxylation is 1. The van der Waals surface area contributed by atoms with Crippen LogP contribution in [-0.4, -0.2) is 28.4 Å². The second-order valence-corrected chi connectivity index (χ2v) is 4.93. The average molecular weight is 296 g/mol. The number of ether oxygens (including phenoxy) is 1. The number of amides is 1. The van der Waals surface area contributed by atoms with Gasteiger partial charge in [-0.05, 0) is 26.0 Å². The van der Waals surface area contributed by atoms with Gasteiger partial charge in [0.25, 0.3) is 0 Å². The lowest BCUT2D eigenvalue weighted by Crippen LogP contribution is -2.34. The molecule has 1 amide bonds. The maximum atomic E-state index is 11.8. The molecule has 2 aromatic rings. The van der Waals surface area contributed by atoms with E-state index < -0.39 is 6.10 Å². The summed E-state index contributed by atoms with van der Waals surface area (Å²) in [6.45, 7) is 4.42. The highest BCUT2D eigenvalue weighted by Crippen LogP contribution is 2.26. The first-order chi connectivity index (χ1) is 9.54. The molecule has 0 aliphatic heterocycles. The Labute approximate surface area is 122 Å². The minimum Gasteiger partial charge on any atom is -0.369 e. The summed E-state index contributed by atoms with van der Waals surface area (Å²) in [5, 5.41) is 8.74. The van der Waals surface area contributed by atoms with Crippen molar-refractivity contribution in [3.63, 3.8) is 0 Å². The van der Waals surface area contributed by atoms with Crippen LogP contribution in [0.2, 0.25) is 5.02 Å². The van der Waals surface area contributed by atoms with E-state index >= 15 is 0 Å². The van der Waals surface area contributed by atoms with Gasteiger partial charge in [0.15, 0.2) is 0 Å². The van der Waals surface area contributed by atoms with Gasteiger partial charge < -0.3 is 10.1 Å². The van der Waals surface area contributed by atoms with Crippen LogP contribution in [0.3, 0.4) is 0 Å². The third-order valence-electron chi connectivity index (χ3n) is 3.12. The Morgan fingerprint density at radius 3 is 3.00 bits per heavy atom. The number of hydrogen-bond acceptors (Lipinski definition) is 3. The van der Waals surface area contributed by atoms with Crippen molar-refractivity contribution in [1.29, 1.82) is 0 Å². The molecule has 1 aromatic carbocycles. The molecule has 20 heavy (non-hydrogen) atoms. The predicted octanol–water partition coefficient (Wildman–Crippen LogP) is 2.27. The molecule has 0 saturated heterocycles. The molecular formula is C14H18ClN3O2. The second kappa shape index (κ2) is 6.24. The largest absolute Gasteiger partial charge is 0.369 e. The summed E-state index contributed by atoms with van der Waals surface area (Å²) >= 11 is 6.21. The number of fused-ring (bicyclic) bond motifs is 1. The molecule has 0 aliphatic carbocycles. The Kier molecular flexibility index (Phi) is 4.62. The van der Waals surface area contributed by atoms with Crippen molar-refractivity contribution < 1.29 is 9.53 Å². The Balaban J connectivity index is 2.17. The zero-order valence-electron chi connectivity index (χ0n) is 11.8. The third kappa shape index (κ3) is 2.94. The van der Waals surface area contributed by atoms with Crippen LogP contribution in [0.4, 0.5) is 0 Å². The van der Waals surface area contributed by atoms with Crippen LogP contribution in [0.5, 0.6) is 0 Å². The lowest BCUT2D eigenvalue weighted by molar-refractivity contribution is -0.131. The molecular weight excluding hydrogens is 278 g/mol. The topological polar surface area (TPSA) is 56.1 Å². The van der Waals surface area contributed by atoms with Crippen molar-refractivity contribution in [2.75, 3.05) is 6.61 Å². The molecule has 0 fully saturated rings. The molecule has 5 nitrogen and oxygen atoms in total. The zero-order chi connectivity index (χ0) is 14.7. The van der Waals surface area contributed by atoms with Crippen molar-refractivity contribution in [1.82, 2.24) is 15.1 Å². The molecule has 0 aliphatic rings. The normalized spacial score (nSPS) is 12.6. The number of benzene rings is 1. The third-order valence-corrected chi connectivity index (χ3v) is 3.43. The molecule has 2 rings (SSSR count). The molecule has 6 heteroatoms. The van der Waals surface area contributed by atoms with E-state index in [1.807, 2.05) is 32.2 Å². The van der Waals surface area contributed by atoms with E-state index in [4.69, 9.17) is 16.3 Å². The maximum Gasteiger partial charge on any atom is 0.249 e. The average Bonchev–Trinajstić information content (AvgIpc) is 2.74. The number of rotatable bonds is 5. The first-order valence-electron chi connectivity index (χ1n) is 6.54. The van der Waals surface area contributed by atoms with Gasteiger partial charge in [-0.25, -0.2) is 0 Å². The monoisotopic (exact) mass is 295 g/mol. The van der Waals surface area contributed by atoms with Gasteiger partial charge in [0.2, 0.25) is 5.91 Å². The highest BCUT2D eigenvalue weighted by molar-refractivity contribution is 6.35. The highest BCUT2D eigenvalue weighted by Gasteiger charge is 2.15. The van der Waals surface area contributed by atoms with Crippen LogP contribution in [0.15, 0.2) is 18.2 Å². The van der Waals surface area contributed by atoms with E-state index in [0.29, 0.717) is 18.2 Å². The quantitative estimate of drug-likeness (QED) is 0.920. The predicted molar refractivity (Wildman–Crippen MR) is 78.7 cm³/mol. The fraction of sp³-hybridized carbons (Fsp3) is 0.429. The lowest BCUT2D eigenvalue weighted by Gasteiger charge is -2.11. The van der Waals surface area contributed by atoms with Gasteiger partial charge in [-0.2, -0.15) is 5.10 Å². The Hall–Kier alpha value is -1.59. The number of nitrogens with one attached hydrogen (secondary N) is 1. The summed E-state index contributed by atoms with van der Waals surface area (Å²) in [4.78, 5) is 11.8. The van der Waals surface area contributed by atoms with Crippen molar-refractivity contribution in [2.45, 2.75) is 26.5 Å². The van der Waals surface area contributed by atoms with Crippen LogP contribution in [0.1, 0.15) is 19.5 Å². The summed E-state index contributed by atoms with van der Waals surface area (Å²) < 4.78 is 7.00. The standard InChI is InChI=1S/C14H18ClN3O2/c1-4-20-9(2)14(19)16-8-11-13-10(15)6-5-7-12(13)18(3)17-11/h5-7,9H,4,8H2,1-3H3,(H,16,19)/t9-/m1/s1. The Morgan fingerprint density at radius 2 is 2.30 bits per heavy atom. The van der Waals surface area contributed by atoms with Crippen LogP contribution in [0.25, 0.3) is 10.9 Å². The summed E-state index contributed by atoms with van der Waals surface area (Å²) in [5.74, 6) is -0.155. The van der Waals surface area contributed by atoms with E-state index in [-0.39, 0.29) is 5.91 Å². The van der Waals surface area contributed by atoms with Gasteiger partial charge in [0.1, 0.15) is 6.10 Å². The van der Waals surface area contributed by atoms with E-state index in [9.17, 15) is 4.79 Å². The number of halogens is 1. The molecule has 0 saturated carbocycles. The van der Waals surface area contributed by atoms with Crippen molar-refractivity contribution in [2.24, 2.45) is 7.05 Å². The van der Waals surface area contributed by atoms with Gasteiger partial charge in [-0.15, -0.1) is 0 Å². The Bertz CT molecular complexity index is 624. The first-order valence-corrected chi connectivity index (χ1v) is 6.91. The molecule has 1 N–H and O–H groups in total. The maximum absolute atomic E-state index is 11.8. The summed E-state index contributed by atoms with van der Waals surface area (Å²) in [5.41, 5.74) is 1.70.